The second-order valence-corrected chi connectivity index (χ2v) is 9.29. The molecule has 1 amide bonds. The first-order chi connectivity index (χ1) is 11.4. The molecule has 4 nitrogen and oxygen atoms in total. The van der Waals surface area contributed by atoms with Crippen LogP contribution in [0.3, 0.4) is 0 Å². The van der Waals surface area contributed by atoms with Gasteiger partial charge in [-0.15, -0.1) is 11.3 Å². The molecule has 24 heavy (non-hydrogen) atoms. The lowest BCUT2D eigenvalue weighted by Gasteiger charge is -2.04. The van der Waals surface area contributed by atoms with Crippen molar-refractivity contribution < 1.29 is 4.79 Å². The third-order valence-corrected chi connectivity index (χ3v) is 7.31. The number of carbonyl (C=O) groups is 1. The molecular formula is C15H9Br3ClN3OS. The molecule has 9 heteroatoms. The van der Waals surface area contributed by atoms with Crippen molar-refractivity contribution in [2.45, 2.75) is 6.54 Å². The molecule has 0 spiro atoms. The molecule has 0 atom stereocenters. The van der Waals surface area contributed by atoms with Gasteiger partial charge in [-0.2, -0.15) is 5.10 Å². The van der Waals surface area contributed by atoms with Crippen LogP contribution in [0, 0.1) is 0 Å². The monoisotopic (exact) mass is 551 g/mol. The van der Waals surface area contributed by atoms with E-state index in [4.69, 9.17) is 11.6 Å². The van der Waals surface area contributed by atoms with Gasteiger partial charge < -0.3 is 5.32 Å². The fraction of sp³-hybridized carbons (Fsp3) is 0.0667. The van der Waals surface area contributed by atoms with E-state index in [2.05, 4.69) is 58.2 Å². The van der Waals surface area contributed by atoms with Gasteiger partial charge in [-0.25, -0.2) is 0 Å². The van der Waals surface area contributed by atoms with E-state index in [9.17, 15) is 4.79 Å². The summed E-state index contributed by atoms with van der Waals surface area (Å²) in [5.74, 6) is 0.253. The first-order valence-corrected chi connectivity index (χ1v) is 10.2. The fourth-order valence-electron chi connectivity index (χ4n) is 1.99. The summed E-state index contributed by atoms with van der Waals surface area (Å²) >= 11 is 17.7. The van der Waals surface area contributed by atoms with Crippen LogP contribution in [0.15, 0.2) is 49.3 Å². The molecule has 0 unspecified atom stereocenters. The van der Waals surface area contributed by atoms with E-state index in [0.717, 1.165) is 13.8 Å². The summed E-state index contributed by atoms with van der Waals surface area (Å²) in [4.78, 5) is 12.9. The molecule has 0 aliphatic rings. The molecule has 1 aromatic carbocycles. The minimum atomic E-state index is -0.213. The number of amides is 1. The number of aromatic nitrogens is 2. The molecule has 2 aromatic heterocycles. The van der Waals surface area contributed by atoms with E-state index in [0.29, 0.717) is 26.7 Å². The summed E-state index contributed by atoms with van der Waals surface area (Å²) in [6.45, 7) is 0.518. The van der Waals surface area contributed by atoms with E-state index >= 15 is 0 Å². The summed E-state index contributed by atoms with van der Waals surface area (Å²) in [6.07, 6.45) is 1.80. The van der Waals surface area contributed by atoms with E-state index < -0.39 is 0 Å². The Hall–Kier alpha value is -0.670. The van der Waals surface area contributed by atoms with Gasteiger partial charge in [0, 0.05) is 15.7 Å². The lowest BCUT2D eigenvalue weighted by atomic mass is 10.2. The van der Waals surface area contributed by atoms with E-state index in [1.165, 1.54) is 11.3 Å². The Balaban J connectivity index is 1.77. The van der Waals surface area contributed by atoms with Crippen molar-refractivity contribution in [1.29, 1.82) is 0 Å². The SMILES string of the molecule is O=C(Nc1nn(Cc2ccccc2Cl)cc1Br)c1cc(Br)c(Br)s1. The minimum Gasteiger partial charge on any atom is -0.303 e. The van der Waals surface area contributed by atoms with Gasteiger partial charge in [0.1, 0.15) is 0 Å². The van der Waals surface area contributed by atoms with Crippen molar-refractivity contribution in [1.82, 2.24) is 9.78 Å². The average Bonchev–Trinajstić information content (AvgIpc) is 3.05. The van der Waals surface area contributed by atoms with Crippen molar-refractivity contribution in [3.63, 3.8) is 0 Å². The van der Waals surface area contributed by atoms with Crippen molar-refractivity contribution in [2.24, 2.45) is 0 Å². The van der Waals surface area contributed by atoms with Crippen LogP contribution >= 0.6 is 70.7 Å². The Morgan fingerprint density at radius 2 is 2.00 bits per heavy atom. The van der Waals surface area contributed by atoms with Gasteiger partial charge in [-0.3, -0.25) is 9.48 Å². The number of hydrogen-bond donors (Lipinski definition) is 1. The van der Waals surface area contributed by atoms with E-state index in [1.54, 1.807) is 16.9 Å². The highest BCUT2D eigenvalue weighted by molar-refractivity contribution is 9.13. The van der Waals surface area contributed by atoms with Crippen molar-refractivity contribution >= 4 is 82.5 Å². The molecule has 2 heterocycles. The van der Waals surface area contributed by atoms with Crippen LogP contribution in [-0.2, 0) is 6.54 Å². The maximum Gasteiger partial charge on any atom is 0.267 e. The second kappa shape index (κ2) is 7.70. The van der Waals surface area contributed by atoms with Gasteiger partial charge in [-0.1, -0.05) is 29.8 Å². The topological polar surface area (TPSA) is 46.9 Å². The van der Waals surface area contributed by atoms with Gasteiger partial charge in [0.05, 0.1) is 19.7 Å². The molecule has 0 saturated carbocycles. The summed E-state index contributed by atoms with van der Waals surface area (Å²) in [7, 11) is 0. The number of anilines is 1. The molecule has 0 fully saturated rings. The van der Waals surface area contributed by atoms with Gasteiger partial charge >= 0.3 is 0 Å². The molecule has 3 aromatic rings. The first-order valence-electron chi connectivity index (χ1n) is 6.66. The standard InChI is InChI=1S/C15H9Br3ClN3OS/c16-9-5-12(24-13(9)18)15(23)20-14-10(17)7-22(21-14)6-8-3-1-2-4-11(8)19/h1-5,7H,6H2,(H,20,21,23). The lowest BCUT2D eigenvalue weighted by Crippen LogP contribution is -2.11. The number of hydrogen-bond acceptors (Lipinski definition) is 3. The van der Waals surface area contributed by atoms with Crippen LogP contribution < -0.4 is 5.32 Å². The molecule has 3 rings (SSSR count). The van der Waals surface area contributed by atoms with Crippen LogP contribution in [0.5, 0.6) is 0 Å². The normalized spacial score (nSPS) is 10.8. The van der Waals surface area contributed by atoms with Gasteiger partial charge in [0.15, 0.2) is 5.82 Å². The van der Waals surface area contributed by atoms with Crippen LogP contribution in [-0.4, -0.2) is 15.7 Å². The van der Waals surface area contributed by atoms with Crippen LogP contribution in [0.2, 0.25) is 5.02 Å². The Kier molecular flexibility index (Phi) is 5.82. The fourth-order valence-corrected chi connectivity index (χ4v) is 4.53. The Bertz CT molecular complexity index is 890. The molecular weight excluding hydrogens is 545 g/mol. The predicted octanol–water partition coefficient (Wildman–Crippen LogP) is 6.19. The molecule has 0 aliphatic carbocycles. The zero-order chi connectivity index (χ0) is 17.3. The smallest absolute Gasteiger partial charge is 0.267 e. The third kappa shape index (κ3) is 4.11. The number of benzene rings is 1. The number of nitrogens with zero attached hydrogens (tertiary/aromatic N) is 2. The van der Waals surface area contributed by atoms with E-state index in [-0.39, 0.29) is 5.91 Å². The summed E-state index contributed by atoms with van der Waals surface area (Å²) < 4.78 is 4.15. The zero-order valence-electron chi connectivity index (χ0n) is 11.9. The van der Waals surface area contributed by atoms with Gasteiger partial charge in [0.25, 0.3) is 5.91 Å². The number of rotatable bonds is 4. The third-order valence-electron chi connectivity index (χ3n) is 3.11. The highest BCUT2D eigenvalue weighted by Gasteiger charge is 2.16. The number of carbonyl (C=O) groups excluding carboxylic acids is 1. The van der Waals surface area contributed by atoms with Crippen LogP contribution in [0.25, 0.3) is 0 Å². The van der Waals surface area contributed by atoms with Gasteiger partial charge in [-0.05, 0) is 65.5 Å². The molecule has 1 N–H and O–H groups in total. The maximum absolute atomic E-state index is 12.3. The summed E-state index contributed by atoms with van der Waals surface area (Å²) in [5.41, 5.74) is 0.957. The number of thiophene rings is 1. The maximum atomic E-state index is 12.3. The zero-order valence-corrected chi connectivity index (χ0v) is 18.2. The highest BCUT2D eigenvalue weighted by Crippen LogP contribution is 2.33. The van der Waals surface area contributed by atoms with E-state index in [1.807, 2.05) is 24.3 Å². The number of halogens is 4. The van der Waals surface area contributed by atoms with Crippen LogP contribution in [0.1, 0.15) is 15.2 Å². The molecule has 0 bridgehead atoms. The van der Waals surface area contributed by atoms with Crippen molar-refractivity contribution in [2.75, 3.05) is 5.32 Å². The second-order valence-electron chi connectivity index (χ2n) is 4.80. The minimum absolute atomic E-state index is 0.213. The quantitative estimate of drug-likeness (QED) is 0.419. The summed E-state index contributed by atoms with van der Waals surface area (Å²) in [5, 5.41) is 7.89. The molecule has 124 valence electrons. The Labute approximate surface area is 172 Å². The number of nitrogens with one attached hydrogen (secondary N) is 1. The molecule has 0 radical (unpaired) electrons. The van der Waals surface area contributed by atoms with Crippen molar-refractivity contribution in [3.8, 4) is 0 Å². The van der Waals surface area contributed by atoms with Gasteiger partial charge in [0.2, 0.25) is 0 Å². The highest BCUT2D eigenvalue weighted by atomic mass is 79.9. The summed E-state index contributed by atoms with van der Waals surface area (Å²) in [6, 6.07) is 9.35. The Morgan fingerprint density at radius 3 is 2.67 bits per heavy atom. The lowest BCUT2D eigenvalue weighted by molar-refractivity contribution is 0.103. The molecule has 0 aliphatic heterocycles. The molecule has 0 saturated heterocycles. The predicted molar refractivity (Wildman–Crippen MR) is 108 cm³/mol. The Morgan fingerprint density at radius 1 is 1.25 bits per heavy atom. The van der Waals surface area contributed by atoms with Crippen LogP contribution in [0.4, 0.5) is 5.82 Å². The average molecular weight is 554 g/mol. The van der Waals surface area contributed by atoms with Crippen molar-refractivity contribution in [3.05, 3.63) is 64.7 Å². The first kappa shape index (κ1) is 18.1. The largest absolute Gasteiger partial charge is 0.303 e.